The number of fused-ring (bicyclic) bond motifs is 1. The van der Waals surface area contributed by atoms with E-state index in [9.17, 15) is 0 Å². The van der Waals surface area contributed by atoms with E-state index in [0.29, 0.717) is 0 Å². The minimum absolute atomic E-state index is 1.10. The van der Waals surface area contributed by atoms with Crippen molar-refractivity contribution in [3.63, 3.8) is 0 Å². The lowest BCUT2D eigenvalue weighted by molar-refractivity contribution is 1.29. The van der Waals surface area contributed by atoms with Gasteiger partial charge in [0.25, 0.3) is 0 Å². The Kier molecular flexibility index (Phi) is 9.87. The first-order valence-electron chi connectivity index (χ1n) is 18.7. The molecule has 0 heterocycles. The van der Waals surface area contributed by atoms with E-state index in [4.69, 9.17) is 0 Å². The lowest BCUT2D eigenvalue weighted by atomic mass is 9.92. The van der Waals surface area contributed by atoms with Gasteiger partial charge in [0.2, 0.25) is 0 Å². The van der Waals surface area contributed by atoms with Crippen LogP contribution >= 0.6 is 0 Å². The van der Waals surface area contributed by atoms with Gasteiger partial charge in [-0.2, -0.15) is 0 Å². The van der Waals surface area contributed by atoms with Crippen molar-refractivity contribution in [3.8, 4) is 0 Å². The standard InChI is InChI=1S/C53H43N/c1-38-18-26-44(27-19-38)52(45-28-20-39(2)21-29-45)37-46-30-35-53(50-17-11-10-16-49(46)50)54(47-31-22-40(3)23-32-47)48-33-24-41(25-34-48)36-51(42-12-6-4-7-13-42)43-14-8-5-9-15-43/h4-37H,1-3H3. The first-order valence-corrected chi connectivity index (χ1v) is 18.7. The van der Waals surface area contributed by atoms with Crippen LogP contribution in [-0.4, -0.2) is 0 Å². The Morgan fingerprint density at radius 2 is 0.759 bits per heavy atom. The highest BCUT2D eigenvalue weighted by Gasteiger charge is 2.17. The molecule has 0 bridgehead atoms. The van der Waals surface area contributed by atoms with Gasteiger partial charge in [0.1, 0.15) is 0 Å². The monoisotopic (exact) mass is 693 g/mol. The van der Waals surface area contributed by atoms with E-state index in [0.717, 1.165) is 22.6 Å². The molecule has 0 aromatic heterocycles. The Labute approximate surface area is 319 Å². The maximum absolute atomic E-state index is 2.39. The van der Waals surface area contributed by atoms with Gasteiger partial charge >= 0.3 is 0 Å². The Bertz CT molecular complexity index is 2470. The normalized spacial score (nSPS) is 10.9. The Balaban J connectivity index is 1.25. The van der Waals surface area contributed by atoms with E-state index in [1.165, 1.54) is 66.4 Å². The van der Waals surface area contributed by atoms with Crippen molar-refractivity contribution in [2.45, 2.75) is 20.8 Å². The fourth-order valence-corrected chi connectivity index (χ4v) is 7.16. The summed E-state index contributed by atoms with van der Waals surface area (Å²) in [5, 5.41) is 2.40. The number of benzene rings is 8. The second kappa shape index (κ2) is 15.5. The third kappa shape index (κ3) is 7.44. The molecular weight excluding hydrogens is 651 g/mol. The van der Waals surface area contributed by atoms with Crippen molar-refractivity contribution in [2.24, 2.45) is 0 Å². The van der Waals surface area contributed by atoms with E-state index >= 15 is 0 Å². The van der Waals surface area contributed by atoms with E-state index in [1.807, 2.05) is 0 Å². The third-order valence-corrected chi connectivity index (χ3v) is 10.1. The average Bonchev–Trinajstić information content (AvgIpc) is 3.22. The van der Waals surface area contributed by atoms with Gasteiger partial charge in [-0.15, -0.1) is 0 Å². The molecule has 8 aromatic carbocycles. The molecule has 1 nitrogen and oxygen atoms in total. The summed E-state index contributed by atoms with van der Waals surface area (Å²) in [6.07, 6.45) is 4.65. The first-order chi connectivity index (χ1) is 26.5. The van der Waals surface area contributed by atoms with Crippen LogP contribution in [0, 0.1) is 20.8 Å². The largest absolute Gasteiger partial charge is 0.310 e. The molecule has 0 aliphatic heterocycles. The van der Waals surface area contributed by atoms with E-state index in [-0.39, 0.29) is 0 Å². The summed E-state index contributed by atoms with van der Waals surface area (Å²) in [4.78, 5) is 2.39. The summed E-state index contributed by atoms with van der Waals surface area (Å²) in [7, 11) is 0. The van der Waals surface area contributed by atoms with Crippen molar-refractivity contribution in [3.05, 3.63) is 244 Å². The van der Waals surface area contributed by atoms with E-state index in [1.54, 1.807) is 0 Å². The number of nitrogens with zero attached hydrogens (tertiary/aromatic N) is 1. The van der Waals surface area contributed by atoms with Crippen LogP contribution in [0.25, 0.3) is 34.1 Å². The Morgan fingerprint density at radius 3 is 1.28 bits per heavy atom. The molecule has 0 aliphatic carbocycles. The molecule has 0 aliphatic rings. The van der Waals surface area contributed by atoms with Gasteiger partial charge in [0, 0.05) is 16.8 Å². The fraction of sp³-hybridized carbons (Fsp3) is 0.0566. The minimum Gasteiger partial charge on any atom is -0.310 e. The summed E-state index contributed by atoms with van der Waals surface area (Å²) in [5.41, 5.74) is 16.6. The van der Waals surface area contributed by atoms with Gasteiger partial charge in [-0.3, -0.25) is 0 Å². The second-order valence-corrected chi connectivity index (χ2v) is 14.1. The first kappa shape index (κ1) is 34.4. The molecule has 260 valence electrons. The Morgan fingerprint density at radius 1 is 0.352 bits per heavy atom. The van der Waals surface area contributed by atoms with Crippen LogP contribution < -0.4 is 4.90 Å². The molecule has 1 heteroatoms. The molecule has 54 heavy (non-hydrogen) atoms. The zero-order chi connectivity index (χ0) is 36.9. The SMILES string of the molecule is Cc1ccc(C(=Cc2ccc(N(c3ccc(C)cc3)c3ccc(C=C(c4ccccc4)c4ccccc4)cc3)c3ccccc23)c2ccc(C)cc2)cc1. The van der Waals surface area contributed by atoms with Crippen LogP contribution in [0.3, 0.4) is 0 Å². The molecular formula is C53H43N. The van der Waals surface area contributed by atoms with Gasteiger partial charge in [-0.05, 0) is 113 Å². The Hall–Kier alpha value is -6.70. The number of anilines is 3. The number of hydrogen-bond acceptors (Lipinski definition) is 1. The zero-order valence-electron chi connectivity index (χ0n) is 31.1. The molecule has 0 saturated heterocycles. The fourth-order valence-electron chi connectivity index (χ4n) is 7.16. The van der Waals surface area contributed by atoms with Crippen LogP contribution in [0.15, 0.2) is 194 Å². The highest BCUT2D eigenvalue weighted by molar-refractivity contribution is 6.06. The molecule has 0 atom stereocenters. The van der Waals surface area contributed by atoms with E-state index < -0.39 is 0 Å². The molecule has 0 N–H and O–H groups in total. The predicted octanol–water partition coefficient (Wildman–Crippen LogP) is 14.4. The van der Waals surface area contributed by atoms with Crippen molar-refractivity contribution >= 4 is 51.1 Å². The molecule has 0 unspecified atom stereocenters. The van der Waals surface area contributed by atoms with Crippen LogP contribution in [0.1, 0.15) is 50.1 Å². The molecule has 0 saturated carbocycles. The lowest BCUT2D eigenvalue weighted by Crippen LogP contribution is -2.10. The van der Waals surface area contributed by atoms with Gasteiger partial charge in [-0.1, -0.05) is 180 Å². The van der Waals surface area contributed by atoms with Crippen molar-refractivity contribution in [2.75, 3.05) is 4.90 Å². The molecule has 8 rings (SSSR count). The van der Waals surface area contributed by atoms with Crippen molar-refractivity contribution in [1.29, 1.82) is 0 Å². The maximum atomic E-state index is 2.39. The van der Waals surface area contributed by atoms with Crippen LogP contribution in [0.2, 0.25) is 0 Å². The van der Waals surface area contributed by atoms with Gasteiger partial charge < -0.3 is 4.90 Å². The van der Waals surface area contributed by atoms with Gasteiger partial charge in [-0.25, -0.2) is 0 Å². The lowest BCUT2D eigenvalue weighted by Gasteiger charge is -2.27. The molecule has 0 fully saturated rings. The molecule has 0 amide bonds. The van der Waals surface area contributed by atoms with Gasteiger partial charge in [0.15, 0.2) is 0 Å². The van der Waals surface area contributed by atoms with Crippen LogP contribution in [0.4, 0.5) is 17.1 Å². The summed E-state index contributed by atoms with van der Waals surface area (Å²) < 4.78 is 0. The maximum Gasteiger partial charge on any atom is 0.0540 e. The van der Waals surface area contributed by atoms with Crippen LogP contribution in [-0.2, 0) is 0 Å². The molecule has 0 spiro atoms. The predicted molar refractivity (Wildman–Crippen MR) is 233 cm³/mol. The zero-order valence-corrected chi connectivity index (χ0v) is 31.1. The number of hydrogen-bond donors (Lipinski definition) is 0. The van der Waals surface area contributed by atoms with Gasteiger partial charge in [0.05, 0.1) is 5.69 Å². The molecule has 8 aromatic rings. The van der Waals surface area contributed by atoms with Crippen LogP contribution in [0.5, 0.6) is 0 Å². The summed E-state index contributed by atoms with van der Waals surface area (Å²) >= 11 is 0. The third-order valence-electron chi connectivity index (χ3n) is 10.1. The summed E-state index contributed by atoms with van der Waals surface area (Å²) in [5.74, 6) is 0. The van der Waals surface area contributed by atoms with Crippen molar-refractivity contribution < 1.29 is 0 Å². The topological polar surface area (TPSA) is 3.24 Å². The highest BCUT2D eigenvalue weighted by atomic mass is 15.1. The highest BCUT2D eigenvalue weighted by Crippen LogP contribution is 2.41. The number of aryl methyl sites for hydroxylation is 3. The minimum atomic E-state index is 1.10. The summed E-state index contributed by atoms with van der Waals surface area (Å²) in [6.45, 7) is 6.42. The smallest absolute Gasteiger partial charge is 0.0540 e. The quantitative estimate of drug-likeness (QED) is 0.136. The van der Waals surface area contributed by atoms with E-state index in [2.05, 4.69) is 232 Å². The second-order valence-electron chi connectivity index (χ2n) is 14.1. The summed E-state index contributed by atoms with van der Waals surface area (Å²) in [6, 6.07) is 70.2. The van der Waals surface area contributed by atoms with Crippen molar-refractivity contribution in [1.82, 2.24) is 0 Å². The average molecular weight is 694 g/mol. The number of rotatable bonds is 9. The molecule has 0 radical (unpaired) electrons.